The minimum atomic E-state index is 0.715. The maximum atomic E-state index is 4.55. The molecule has 0 amide bonds. The lowest BCUT2D eigenvalue weighted by atomic mass is 10.1. The molecule has 0 aliphatic rings. The Bertz CT molecular complexity index is 5650. The molecule has 9 nitrogen and oxygen atoms in total. The van der Waals surface area contributed by atoms with E-state index in [0.29, 0.717) is 11.6 Å². The maximum absolute atomic E-state index is 4.55. The van der Waals surface area contributed by atoms with Crippen molar-refractivity contribution < 1.29 is 0 Å². The van der Waals surface area contributed by atoms with E-state index in [2.05, 4.69) is 475 Å². The van der Waals surface area contributed by atoms with Crippen molar-refractivity contribution >= 4 is 91.0 Å². The number of aromatic nitrogens is 3. The van der Waals surface area contributed by atoms with Crippen LogP contribution in [0.25, 0.3) is 22.8 Å². The molecule has 0 fully saturated rings. The van der Waals surface area contributed by atoms with Crippen molar-refractivity contribution in [3.8, 4) is 22.8 Å². The van der Waals surface area contributed by atoms with Gasteiger partial charge in [0.25, 0.3) is 0 Å². The molecule has 122 heavy (non-hydrogen) atoms. The van der Waals surface area contributed by atoms with Crippen LogP contribution in [0.15, 0.2) is 479 Å². The van der Waals surface area contributed by atoms with Gasteiger partial charge in [0, 0.05) is 116 Å². The van der Waals surface area contributed by atoms with Gasteiger partial charge >= 0.3 is 0 Å². The van der Waals surface area contributed by atoms with Crippen molar-refractivity contribution in [2.24, 2.45) is 0 Å². The number of nitrogens with zero attached hydrogens (tertiary/aromatic N) is 9. The Labute approximate surface area is 722 Å². The topological polar surface area (TPSA) is 58.1 Å². The summed E-state index contributed by atoms with van der Waals surface area (Å²) in [6, 6.07) is 166. The van der Waals surface area contributed by atoms with Crippen molar-refractivity contribution in [3.05, 3.63) is 513 Å². The van der Waals surface area contributed by atoms with Crippen LogP contribution in [0.4, 0.5) is 91.0 Å². The van der Waals surface area contributed by atoms with Gasteiger partial charge in [0.2, 0.25) is 0 Å². The lowest BCUT2D eigenvalue weighted by Gasteiger charge is -2.30. The zero-order valence-electron chi connectivity index (χ0n) is 70.6. The molecule has 0 atom stereocenters. The van der Waals surface area contributed by atoms with E-state index in [1.54, 1.807) is 0 Å². The van der Waals surface area contributed by atoms with Crippen LogP contribution in [0.3, 0.4) is 0 Å². The lowest BCUT2D eigenvalue weighted by molar-refractivity contribution is 0.992. The van der Waals surface area contributed by atoms with Crippen molar-refractivity contribution in [1.82, 2.24) is 15.0 Å². The molecule has 17 aromatic carbocycles. The van der Waals surface area contributed by atoms with Crippen LogP contribution in [0, 0.1) is 41.5 Å². The molecule has 18 aromatic rings. The molecule has 0 saturated heterocycles. The van der Waals surface area contributed by atoms with Crippen molar-refractivity contribution in [2.45, 2.75) is 41.5 Å². The maximum Gasteiger partial charge on any atom is 0.163 e. The third-order valence-electron chi connectivity index (χ3n) is 20.2. The molecule has 0 bridgehead atoms. The van der Waals surface area contributed by atoms with E-state index < -0.39 is 0 Å². The molecule has 600 valence electrons. The van der Waals surface area contributed by atoms with Gasteiger partial charge in [0.15, 0.2) is 11.6 Å². The van der Waals surface area contributed by atoms with E-state index in [1.807, 2.05) is 104 Å². The fourth-order valence-corrected chi connectivity index (χ4v) is 13.9. The summed E-state index contributed by atoms with van der Waals surface area (Å²) in [7, 11) is 4.17. The second-order valence-electron chi connectivity index (χ2n) is 29.4. The number of aryl methyl sites for hydroxylation is 6. The third kappa shape index (κ3) is 23.9. The smallest absolute Gasteiger partial charge is 0.163 e. The first-order valence-electron chi connectivity index (χ1n) is 41.3. The number of hydrogen-bond acceptors (Lipinski definition) is 9. The van der Waals surface area contributed by atoms with E-state index in [9.17, 15) is 0 Å². The first-order valence-corrected chi connectivity index (χ1v) is 41.3. The number of hydrogen-bond donors (Lipinski definition) is 0. The highest BCUT2D eigenvalue weighted by Crippen LogP contribution is 2.42. The monoisotopic (exact) mass is 1590 g/mol. The fourth-order valence-electron chi connectivity index (χ4n) is 13.9. The zero-order chi connectivity index (χ0) is 84.5. The SMILES string of the molecule is CN(c1ccccc1)c1ccccc1.Cc1cc(N(c2ccccc2)c2ccccc2)cc(N(c2ccccc2)c2ccccc2)c1.Cc1ccc(N(C)c2ccc(C)cc2)cc1.Cc1ccc(N(c2ccccc2)c2ccccc2)cc1.Cc1cccc(N(c2ccccc2)c2ccccc2)c1.Cc1nc(-c2ccccc2)nc(-c2ccccc2)n1. The van der Waals surface area contributed by atoms with Gasteiger partial charge in [-0.1, -0.05) is 308 Å². The molecule has 0 aliphatic heterocycles. The molecule has 0 radical (unpaired) electrons. The average Bonchev–Trinajstić information content (AvgIpc) is 0.773. The van der Waals surface area contributed by atoms with Crippen molar-refractivity contribution in [2.75, 3.05) is 43.5 Å². The van der Waals surface area contributed by atoms with E-state index in [1.165, 1.54) is 84.7 Å². The second kappa shape index (κ2) is 43.7. The van der Waals surface area contributed by atoms with Gasteiger partial charge in [-0.15, -0.1) is 0 Å². The average molecular weight is 1590 g/mol. The summed E-state index contributed by atoms with van der Waals surface area (Å²) in [5.74, 6) is 2.16. The highest BCUT2D eigenvalue weighted by molar-refractivity contribution is 5.84. The minimum Gasteiger partial charge on any atom is -0.345 e. The quantitative estimate of drug-likeness (QED) is 0.0836. The fraction of sp³-hybridized carbons (Fsp3) is 0.0708. The van der Waals surface area contributed by atoms with Crippen LogP contribution < -0.4 is 29.4 Å². The van der Waals surface area contributed by atoms with Crippen molar-refractivity contribution in [3.63, 3.8) is 0 Å². The number of benzene rings is 17. The zero-order valence-corrected chi connectivity index (χ0v) is 70.6. The Hall–Kier alpha value is -15.5. The molecule has 9 heteroatoms. The first-order chi connectivity index (χ1) is 59.8. The summed E-state index contributed by atoms with van der Waals surface area (Å²) in [5.41, 5.74) is 27.0. The van der Waals surface area contributed by atoms with E-state index in [4.69, 9.17) is 0 Å². The highest BCUT2D eigenvalue weighted by Gasteiger charge is 2.20. The van der Waals surface area contributed by atoms with E-state index >= 15 is 0 Å². The summed E-state index contributed by atoms with van der Waals surface area (Å²) < 4.78 is 0. The number of rotatable bonds is 18. The van der Waals surface area contributed by atoms with Gasteiger partial charge in [0.1, 0.15) is 5.82 Å². The number of para-hydroxylation sites is 10. The Kier molecular flexibility index (Phi) is 30.2. The van der Waals surface area contributed by atoms with E-state index in [0.717, 1.165) is 51.1 Å². The summed E-state index contributed by atoms with van der Waals surface area (Å²) >= 11 is 0. The van der Waals surface area contributed by atoms with E-state index in [-0.39, 0.29) is 0 Å². The molecule has 18 rings (SSSR count). The third-order valence-corrected chi connectivity index (χ3v) is 20.2. The molecule has 0 unspecified atom stereocenters. The Balaban J connectivity index is 0.000000129. The molecule has 0 N–H and O–H groups in total. The molecular formula is C113H103N9. The van der Waals surface area contributed by atoms with Crippen LogP contribution in [-0.2, 0) is 0 Å². The molecule has 1 aromatic heterocycles. The second-order valence-corrected chi connectivity index (χ2v) is 29.4. The largest absolute Gasteiger partial charge is 0.345 e. The predicted octanol–water partition coefficient (Wildman–Crippen LogP) is 30.9. The van der Waals surface area contributed by atoms with Gasteiger partial charge in [-0.2, -0.15) is 0 Å². The summed E-state index contributed by atoms with van der Waals surface area (Å²) in [5, 5.41) is 0. The predicted molar refractivity (Wildman–Crippen MR) is 519 cm³/mol. The molecule has 0 saturated carbocycles. The molecule has 1 heterocycles. The number of anilines is 16. The Morgan fingerprint density at radius 1 is 0.148 bits per heavy atom. The molecule has 0 spiro atoms. The highest BCUT2D eigenvalue weighted by atomic mass is 15.2. The lowest BCUT2D eigenvalue weighted by Crippen LogP contribution is -2.13. The minimum absolute atomic E-state index is 0.715. The van der Waals surface area contributed by atoms with Crippen LogP contribution in [-0.4, -0.2) is 29.0 Å². The van der Waals surface area contributed by atoms with Gasteiger partial charge in [-0.05, 0) is 241 Å². The summed E-state index contributed by atoms with van der Waals surface area (Å²) in [6.45, 7) is 12.5. The Morgan fingerprint density at radius 3 is 0.607 bits per heavy atom. The normalized spacial score (nSPS) is 10.3. The van der Waals surface area contributed by atoms with Crippen LogP contribution in [0.5, 0.6) is 0 Å². The van der Waals surface area contributed by atoms with Gasteiger partial charge in [-0.3, -0.25) is 0 Å². The van der Waals surface area contributed by atoms with Gasteiger partial charge in [0.05, 0.1) is 0 Å². The van der Waals surface area contributed by atoms with Gasteiger partial charge < -0.3 is 29.4 Å². The molecule has 0 aliphatic carbocycles. The van der Waals surface area contributed by atoms with Crippen LogP contribution >= 0.6 is 0 Å². The van der Waals surface area contributed by atoms with Gasteiger partial charge in [-0.25, -0.2) is 15.0 Å². The standard InChI is InChI=1S/C31H26N2.2C19H17N.C16H13N3.C15H17N.C13H13N/c1-25-22-30(32(26-14-6-2-7-15-26)27-16-8-3-9-17-27)24-31(23-25)33(28-18-10-4-11-19-28)29-20-12-5-13-21-29;1-16-9-8-14-19(15-16)20(17-10-4-2-5-11-17)18-12-6-3-7-13-18;1-16-12-14-19(15-13-16)20(17-8-4-2-5-9-17)18-10-6-3-7-11-18;1-12-17-15(13-8-4-2-5-9-13)19-16(18-12)14-10-6-3-7-11-14;1-12-4-8-14(9-5-12)16(3)15-10-6-13(2)7-11-15;1-14(12-8-4-2-5-9-12)13-10-6-3-7-11-13/h2-24H,1H3;2*2-15H,1H3;2-11H,1H3;4-11H,1-3H3;2-11H,1H3. The van der Waals surface area contributed by atoms with Crippen LogP contribution in [0.1, 0.15) is 33.6 Å². The Morgan fingerprint density at radius 2 is 0.344 bits per heavy atom. The molecular weight excluding hydrogens is 1480 g/mol. The first kappa shape index (κ1) is 84.5. The van der Waals surface area contributed by atoms with Crippen molar-refractivity contribution in [1.29, 1.82) is 0 Å². The summed E-state index contributed by atoms with van der Waals surface area (Å²) in [6.07, 6.45) is 0. The van der Waals surface area contributed by atoms with Crippen LogP contribution in [0.2, 0.25) is 0 Å². The summed E-state index contributed by atoms with van der Waals surface area (Å²) in [4.78, 5) is 26.9.